The Hall–Kier alpha value is -2.95. The topological polar surface area (TPSA) is 48.3 Å². The Morgan fingerprint density at radius 2 is 1.94 bits per heavy atom. The van der Waals surface area contributed by atoms with Crippen LogP contribution >= 0.6 is 0 Å². The van der Waals surface area contributed by atoms with E-state index in [1.54, 1.807) is 0 Å². The molecule has 1 aliphatic carbocycles. The fourth-order valence-electron chi connectivity index (χ4n) is 5.07. The van der Waals surface area contributed by atoms with Crippen molar-refractivity contribution in [3.05, 3.63) is 65.8 Å². The number of hydrogen-bond donors (Lipinski definition) is 0. The Morgan fingerprint density at radius 3 is 2.50 bits per heavy atom. The van der Waals surface area contributed by atoms with E-state index in [9.17, 15) is 4.79 Å². The molecule has 0 aromatic heterocycles. The van der Waals surface area contributed by atoms with Crippen LogP contribution in [0.5, 0.6) is 0 Å². The quantitative estimate of drug-likeness (QED) is 0.111. The molecule has 1 aromatic carbocycles. The summed E-state index contributed by atoms with van der Waals surface area (Å²) in [6.45, 7) is 12.7. The van der Waals surface area contributed by atoms with Crippen molar-refractivity contribution < 1.29 is 4.79 Å². The van der Waals surface area contributed by atoms with E-state index in [1.165, 1.54) is 24.1 Å². The first-order chi connectivity index (χ1) is 16.5. The molecule has 1 aliphatic heterocycles. The van der Waals surface area contributed by atoms with Crippen molar-refractivity contribution in [2.45, 2.75) is 46.5 Å². The number of amidine groups is 1. The van der Waals surface area contributed by atoms with Gasteiger partial charge in [0.25, 0.3) is 0 Å². The highest BCUT2D eigenvalue weighted by atomic mass is 16.1. The highest BCUT2D eigenvalue weighted by Crippen LogP contribution is 2.53. The lowest BCUT2D eigenvalue weighted by Crippen LogP contribution is -2.36. The molecule has 2 fully saturated rings. The fraction of sp³-hybridized carbons (Fsp3) is 0.483. The van der Waals surface area contributed by atoms with E-state index in [0.717, 1.165) is 50.2 Å². The zero-order valence-electron chi connectivity index (χ0n) is 21.3. The number of hydrogen-bond acceptors (Lipinski definition) is 4. The third-order valence-electron chi connectivity index (χ3n) is 7.25. The number of aryl methyl sites for hydroxylation is 1. The van der Waals surface area contributed by atoms with Crippen LogP contribution in [0.4, 0.5) is 5.69 Å². The van der Waals surface area contributed by atoms with Gasteiger partial charge in [0.2, 0.25) is 0 Å². The number of aldehydes is 1. The standard InChI is InChI=1S/C29H40N4O/c1-6-8-9-11-25(10-7-2)29(16-17-29)22-32(5)28(31-30-4)27-13-12-26(20-23(27)3)33-18-14-24(21-34)15-19-33/h6-13,20-21,24-25H,4,14-19,22H2,1-3,5H3/b8-6-,10-7?,11-9-,31-28-. The molecule has 0 amide bonds. The number of allylic oxidation sites excluding steroid dienone is 6. The molecular weight excluding hydrogens is 420 g/mol. The number of rotatable bonds is 10. The zero-order valence-corrected chi connectivity index (χ0v) is 21.3. The summed E-state index contributed by atoms with van der Waals surface area (Å²) in [5.74, 6) is 1.46. The Bertz CT molecular complexity index is 962. The summed E-state index contributed by atoms with van der Waals surface area (Å²) in [4.78, 5) is 15.7. The van der Waals surface area contributed by atoms with Crippen LogP contribution in [0.1, 0.15) is 50.7 Å². The van der Waals surface area contributed by atoms with Gasteiger partial charge in [-0.2, -0.15) is 5.10 Å². The molecule has 182 valence electrons. The largest absolute Gasteiger partial charge is 0.371 e. The molecular formula is C29H40N4O. The van der Waals surface area contributed by atoms with Gasteiger partial charge in [-0.25, -0.2) is 0 Å². The molecule has 34 heavy (non-hydrogen) atoms. The van der Waals surface area contributed by atoms with Gasteiger partial charge in [0, 0.05) is 56.5 Å². The lowest BCUT2D eigenvalue weighted by atomic mass is 9.87. The smallest absolute Gasteiger partial charge is 0.158 e. The number of carbonyl (C=O) groups excluding carboxylic acids is 1. The van der Waals surface area contributed by atoms with Crippen LogP contribution in [0, 0.1) is 24.2 Å². The van der Waals surface area contributed by atoms with Crippen LogP contribution in [0.15, 0.2) is 64.9 Å². The summed E-state index contributed by atoms with van der Waals surface area (Å²) in [6, 6.07) is 6.57. The van der Waals surface area contributed by atoms with Gasteiger partial charge in [-0.3, -0.25) is 0 Å². The third-order valence-corrected chi connectivity index (χ3v) is 7.25. The molecule has 1 heterocycles. The molecule has 1 saturated heterocycles. The minimum absolute atomic E-state index is 0.205. The van der Waals surface area contributed by atoms with Gasteiger partial charge < -0.3 is 14.6 Å². The molecule has 0 bridgehead atoms. The van der Waals surface area contributed by atoms with Crippen LogP contribution in [-0.2, 0) is 4.79 Å². The van der Waals surface area contributed by atoms with E-state index in [0.29, 0.717) is 5.92 Å². The second-order valence-corrected chi connectivity index (χ2v) is 9.71. The molecule has 5 nitrogen and oxygen atoms in total. The number of carbonyl (C=O) groups is 1. The fourth-order valence-corrected chi connectivity index (χ4v) is 5.07. The number of nitrogens with zero attached hydrogens (tertiary/aromatic N) is 4. The Morgan fingerprint density at radius 1 is 1.21 bits per heavy atom. The second kappa shape index (κ2) is 12.0. The van der Waals surface area contributed by atoms with Crippen LogP contribution in [0.2, 0.25) is 0 Å². The van der Waals surface area contributed by atoms with Crippen molar-refractivity contribution in [1.82, 2.24) is 4.90 Å². The van der Waals surface area contributed by atoms with E-state index in [1.807, 2.05) is 6.92 Å². The molecule has 0 N–H and O–H groups in total. The molecule has 3 rings (SSSR count). The van der Waals surface area contributed by atoms with Crippen LogP contribution in [0.25, 0.3) is 0 Å². The van der Waals surface area contributed by atoms with E-state index in [4.69, 9.17) is 0 Å². The Labute approximate surface area is 205 Å². The second-order valence-electron chi connectivity index (χ2n) is 9.71. The molecule has 5 heteroatoms. The maximum Gasteiger partial charge on any atom is 0.158 e. The molecule has 0 spiro atoms. The maximum absolute atomic E-state index is 11.1. The van der Waals surface area contributed by atoms with Crippen molar-refractivity contribution >= 4 is 24.5 Å². The summed E-state index contributed by atoms with van der Waals surface area (Å²) in [5, 5.41) is 8.38. The lowest BCUT2D eigenvalue weighted by Gasteiger charge is -2.33. The first-order valence-corrected chi connectivity index (χ1v) is 12.5. The predicted octanol–water partition coefficient (Wildman–Crippen LogP) is 5.81. The van der Waals surface area contributed by atoms with Gasteiger partial charge in [-0.15, -0.1) is 5.10 Å². The van der Waals surface area contributed by atoms with E-state index < -0.39 is 0 Å². The van der Waals surface area contributed by atoms with Gasteiger partial charge in [-0.05, 0) is 75.6 Å². The van der Waals surface area contributed by atoms with E-state index in [2.05, 4.69) is 102 Å². The summed E-state index contributed by atoms with van der Waals surface area (Å²) in [5.41, 5.74) is 3.69. The average Bonchev–Trinajstić information content (AvgIpc) is 3.62. The maximum atomic E-state index is 11.1. The van der Waals surface area contributed by atoms with Gasteiger partial charge in [-0.1, -0.05) is 36.5 Å². The molecule has 1 atom stereocenters. The average molecular weight is 461 g/mol. The first-order valence-electron chi connectivity index (χ1n) is 12.5. The summed E-state index contributed by atoms with van der Waals surface area (Å²) in [7, 11) is 2.12. The summed E-state index contributed by atoms with van der Waals surface area (Å²) < 4.78 is 0. The lowest BCUT2D eigenvalue weighted by molar-refractivity contribution is -0.111. The molecule has 1 aromatic rings. The highest BCUT2D eigenvalue weighted by Gasteiger charge is 2.48. The first kappa shape index (κ1) is 25.7. The SMILES string of the molecule is C=N/N=C(/c1ccc(N2CCC(C=O)CC2)cc1C)N(C)CC1(C(C=CC)/C=C\C=C/C)CC1. The van der Waals surface area contributed by atoms with Crippen LogP contribution in [0.3, 0.4) is 0 Å². The number of piperidine rings is 1. The number of anilines is 1. The van der Waals surface area contributed by atoms with Crippen molar-refractivity contribution in [3.63, 3.8) is 0 Å². The molecule has 1 unspecified atom stereocenters. The van der Waals surface area contributed by atoms with E-state index in [-0.39, 0.29) is 11.3 Å². The third kappa shape index (κ3) is 6.13. The minimum atomic E-state index is 0.205. The highest BCUT2D eigenvalue weighted by molar-refractivity contribution is 6.00. The normalized spacial score (nSPS) is 19.8. The number of benzene rings is 1. The molecule has 2 aliphatic rings. The summed E-state index contributed by atoms with van der Waals surface area (Å²) in [6.07, 6.45) is 18.5. The Kier molecular flexibility index (Phi) is 9.03. The summed E-state index contributed by atoms with van der Waals surface area (Å²) >= 11 is 0. The van der Waals surface area contributed by atoms with Crippen molar-refractivity contribution in [3.8, 4) is 0 Å². The van der Waals surface area contributed by atoms with E-state index >= 15 is 0 Å². The monoisotopic (exact) mass is 460 g/mol. The van der Waals surface area contributed by atoms with Gasteiger partial charge >= 0.3 is 0 Å². The van der Waals surface area contributed by atoms with Gasteiger partial charge in [0.15, 0.2) is 5.84 Å². The van der Waals surface area contributed by atoms with Crippen LogP contribution in [-0.4, -0.2) is 50.4 Å². The van der Waals surface area contributed by atoms with Gasteiger partial charge in [0.05, 0.1) is 0 Å². The zero-order chi connectivity index (χ0) is 24.6. The van der Waals surface area contributed by atoms with Crippen molar-refractivity contribution in [1.29, 1.82) is 0 Å². The minimum Gasteiger partial charge on any atom is -0.371 e. The van der Waals surface area contributed by atoms with Gasteiger partial charge in [0.1, 0.15) is 6.29 Å². The Balaban J connectivity index is 1.78. The molecule has 0 radical (unpaired) electrons. The van der Waals surface area contributed by atoms with Crippen molar-refractivity contribution in [2.24, 2.45) is 27.5 Å². The van der Waals surface area contributed by atoms with Crippen LogP contribution < -0.4 is 4.90 Å². The van der Waals surface area contributed by atoms with Crippen molar-refractivity contribution in [2.75, 3.05) is 31.6 Å². The predicted molar refractivity (Wildman–Crippen MR) is 145 cm³/mol. The molecule has 1 saturated carbocycles.